The first-order valence-corrected chi connectivity index (χ1v) is 13.0. The molecule has 0 radical (unpaired) electrons. The van der Waals surface area contributed by atoms with Gasteiger partial charge >= 0.3 is 12.1 Å². The summed E-state index contributed by atoms with van der Waals surface area (Å²) < 4.78 is 6.70. The lowest BCUT2D eigenvalue weighted by Gasteiger charge is -2.46. The highest BCUT2D eigenvalue weighted by Gasteiger charge is 2.43. The zero-order chi connectivity index (χ0) is 25.1. The third kappa shape index (κ3) is 6.92. The van der Waals surface area contributed by atoms with Crippen LogP contribution in [-0.4, -0.2) is 41.8 Å². The minimum atomic E-state index is -0.544. The molecule has 0 saturated carbocycles. The van der Waals surface area contributed by atoms with Gasteiger partial charge in [0.25, 0.3) is 0 Å². The monoisotopic (exact) mass is 617 g/mol. The van der Waals surface area contributed by atoms with Crippen molar-refractivity contribution in [3.05, 3.63) is 61.6 Å². The van der Waals surface area contributed by atoms with Crippen molar-refractivity contribution in [1.82, 2.24) is 10.2 Å². The topological polar surface area (TPSA) is 70.7 Å². The maximum atomic E-state index is 12.9. The summed E-state index contributed by atoms with van der Waals surface area (Å²) in [4.78, 5) is 27.2. The van der Waals surface area contributed by atoms with Crippen LogP contribution in [0.4, 0.5) is 15.3 Å². The number of ether oxygens (including phenoxy) is 1. The minimum Gasteiger partial charge on any atom is -0.444 e. The van der Waals surface area contributed by atoms with Crippen molar-refractivity contribution >= 4 is 63.6 Å². The molecule has 1 aliphatic heterocycles. The molecule has 0 aromatic heterocycles. The number of halogens is 3. The molecule has 2 N–H and O–H groups in total. The van der Waals surface area contributed by atoms with Crippen molar-refractivity contribution in [2.45, 2.75) is 57.6 Å². The Hall–Kier alpha value is -1.71. The van der Waals surface area contributed by atoms with Crippen LogP contribution in [0.25, 0.3) is 0 Å². The molecule has 0 aliphatic carbocycles. The molecule has 0 spiro atoms. The van der Waals surface area contributed by atoms with Crippen LogP contribution in [0.5, 0.6) is 0 Å². The summed E-state index contributed by atoms with van der Waals surface area (Å²) in [6.45, 7) is 8.68. The summed E-state index contributed by atoms with van der Waals surface area (Å²) in [5.74, 6) is 0. The van der Waals surface area contributed by atoms with Crippen LogP contribution in [0.2, 0.25) is 10.0 Å². The Morgan fingerprint density at radius 3 is 2.15 bits per heavy atom. The lowest BCUT2D eigenvalue weighted by molar-refractivity contribution is 0.0146. The quantitative estimate of drug-likeness (QED) is 0.360. The smallest absolute Gasteiger partial charge is 0.410 e. The summed E-state index contributed by atoms with van der Waals surface area (Å²) in [7, 11) is 0. The van der Waals surface area contributed by atoms with E-state index in [-0.39, 0.29) is 23.6 Å². The van der Waals surface area contributed by atoms with Crippen molar-refractivity contribution in [2.75, 3.05) is 18.4 Å². The van der Waals surface area contributed by atoms with E-state index in [1.165, 1.54) is 0 Å². The highest BCUT2D eigenvalue weighted by molar-refractivity contribution is 14.1. The maximum absolute atomic E-state index is 12.9. The van der Waals surface area contributed by atoms with E-state index < -0.39 is 5.60 Å². The predicted molar refractivity (Wildman–Crippen MR) is 146 cm³/mol. The molecule has 1 unspecified atom stereocenters. The number of piperidine rings is 1. The molecule has 1 saturated heterocycles. The van der Waals surface area contributed by atoms with Gasteiger partial charge in [-0.1, -0.05) is 35.3 Å². The molecule has 0 bridgehead atoms. The van der Waals surface area contributed by atoms with E-state index in [9.17, 15) is 9.59 Å². The Kier molecular flexibility index (Phi) is 8.63. The number of hydrogen-bond donors (Lipinski definition) is 2. The second-order valence-electron chi connectivity index (χ2n) is 9.61. The molecule has 1 aliphatic rings. The molecule has 1 fully saturated rings. The Morgan fingerprint density at radius 1 is 1.06 bits per heavy atom. The van der Waals surface area contributed by atoms with Crippen LogP contribution in [0, 0.1) is 3.57 Å². The molecule has 3 amide bonds. The van der Waals surface area contributed by atoms with Gasteiger partial charge in [0, 0.05) is 43.8 Å². The Labute approximate surface area is 224 Å². The number of likely N-dealkylation sites (tertiary alicyclic amines) is 1. The third-order valence-corrected chi connectivity index (χ3v) is 7.18. The number of amides is 3. The minimum absolute atomic E-state index is 0.206. The second kappa shape index (κ2) is 10.9. The number of carbonyl (C=O) groups is 2. The van der Waals surface area contributed by atoms with E-state index in [2.05, 4.69) is 57.5 Å². The standard InChI is InChI=1S/C25H30Cl2IN3O3/c1-16(29-22(32)30-21-14-18(26)13-19(27)15-21)25(17-5-7-20(28)8-6-17)9-11-31(12-10-25)23(33)34-24(2,3)4/h5-8,13-16H,9-12H2,1-4H3,(H2,29,30,32). The zero-order valence-electron chi connectivity index (χ0n) is 19.8. The first-order chi connectivity index (χ1) is 15.9. The second-order valence-corrected chi connectivity index (χ2v) is 11.7. The SMILES string of the molecule is CC(NC(=O)Nc1cc(Cl)cc(Cl)c1)C1(c2ccc(I)cc2)CCN(C(=O)OC(C)(C)C)CC1. The number of hydrogen-bond acceptors (Lipinski definition) is 3. The molecule has 6 nitrogen and oxygen atoms in total. The maximum Gasteiger partial charge on any atom is 0.410 e. The summed E-state index contributed by atoms with van der Waals surface area (Å²) in [6, 6.07) is 12.7. The Morgan fingerprint density at radius 2 is 1.62 bits per heavy atom. The number of nitrogens with one attached hydrogen (secondary N) is 2. The van der Waals surface area contributed by atoms with E-state index in [1.54, 1.807) is 23.1 Å². The molecule has 2 aromatic rings. The lowest BCUT2D eigenvalue weighted by atomic mass is 9.68. The van der Waals surface area contributed by atoms with Gasteiger partial charge in [-0.2, -0.15) is 0 Å². The van der Waals surface area contributed by atoms with Crippen LogP contribution in [0.1, 0.15) is 46.1 Å². The number of urea groups is 1. The molecule has 1 atom stereocenters. The molecular formula is C25H30Cl2IN3O3. The average Bonchev–Trinajstić information content (AvgIpc) is 2.72. The van der Waals surface area contributed by atoms with E-state index in [0.717, 1.165) is 9.13 Å². The molecule has 3 rings (SSSR count). The molecule has 9 heteroatoms. The van der Waals surface area contributed by atoms with Crippen LogP contribution < -0.4 is 10.6 Å². The molecule has 34 heavy (non-hydrogen) atoms. The van der Waals surface area contributed by atoms with Gasteiger partial charge < -0.3 is 20.3 Å². The lowest BCUT2D eigenvalue weighted by Crippen LogP contribution is -2.56. The molecule has 2 aromatic carbocycles. The number of rotatable bonds is 4. The fraction of sp³-hybridized carbons (Fsp3) is 0.440. The zero-order valence-corrected chi connectivity index (χ0v) is 23.4. The molecule has 184 valence electrons. The number of nitrogens with zero attached hydrogens (tertiary/aromatic N) is 1. The van der Waals surface area contributed by atoms with Crippen molar-refractivity contribution in [3.8, 4) is 0 Å². The van der Waals surface area contributed by atoms with E-state index in [1.807, 2.05) is 27.7 Å². The van der Waals surface area contributed by atoms with E-state index >= 15 is 0 Å². The van der Waals surface area contributed by atoms with Crippen LogP contribution in [0.3, 0.4) is 0 Å². The molecule has 1 heterocycles. The van der Waals surface area contributed by atoms with Gasteiger partial charge in [0.1, 0.15) is 5.60 Å². The van der Waals surface area contributed by atoms with Gasteiger partial charge in [-0.25, -0.2) is 9.59 Å². The number of carbonyl (C=O) groups excluding carboxylic acids is 2. The van der Waals surface area contributed by atoms with Gasteiger partial charge in [-0.05, 0) is 99.0 Å². The highest BCUT2D eigenvalue weighted by atomic mass is 127. The van der Waals surface area contributed by atoms with Crippen molar-refractivity contribution < 1.29 is 14.3 Å². The van der Waals surface area contributed by atoms with Gasteiger partial charge in [0.2, 0.25) is 0 Å². The normalized spacial score (nSPS) is 16.5. The summed E-state index contributed by atoms with van der Waals surface area (Å²) in [6.07, 6.45) is 1.08. The Bertz CT molecular complexity index is 1010. The van der Waals surface area contributed by atoms with Gasteiger partial charge in [-0.15, -0.1) is 0 Å². The van der Waals surface area contributed by atoms with Crippen LogP contribution in [-0.2, 0) is 10.2 Å². The van der Waals surface area contributed by atoms with Crippen molar-refractivity contribution in [1.29, 1.82) is 0 Å². The molecular weight excluding hydrogens is 588 g/mol. The Balaban J connectivity index is 1.77. The van der Waals surface area contributed by atoms with Crippen molar-refractivity contribution in [2.24, 2.45) is 0 Å². The largest absolute Gasteiger partial charge is 0.444 e. The summed E-state index contributed by atoms with van der Waals surface area (Å²) in [5.41, 5.74) is 0.768. The number of benzene rings is 2. The van der Waals surface area contributed by atoms with E-state index in [4.69, 9.17) is 27.9 Å². The fourth-order valence-corrected chi connectivity index (χ4v) is 5.18. The highest BCUT2D eigenvalue weighted by Crippen LogP contribution is 2.39. The van der Waals surface area contributed by atoms with Gasteiger partial charge in [0.05, 0.1) is 0 Å². The summed E-state index contributed by atoms with van der Waals surface area (Å²) >= 11 is 14.4. The first kappa shape index (κ1) is 26.9. The third-order valence-electron chi connectivity index (χ3n) is 6.02. The first-order valence-electron chi connectivity index (χ1n) is 11.2. The van der Waals surface area contributed by atoms with E-state index in [0.29, 0.717) is 41.7 Å². The van der Waals surface area contributed by atoms with Gasteiger partial charge in [-0.3, -0.25) is 0 Å². The average molecular weight is 618 g/mol. The van der Waals surface area contributed by atoms with Gasteiger partial charge in [0.15, 0.2) is 0 Å². The fourth-order valence-electron chi connectivity index (χ4n) is 4.30. The predicted octanol–water partition coefficient (Wildman–Crippen LogP) is 7.08. The summed E-state index contributed by atoms with van der Waals surface area (Å²) in [5, 5.41) is 6.81. The number of anilines is 1. The van der Waals surface area contributed by atoms with Crippen molar-refractivity contribution in [3.63, 3.8) is 0 Å². The van der Waals surface area contributed by atoms with Crippen LogP contribution >= 0.6 is 45.8 Å². The van der Waals surface area contributed by atoms with Crippen LogP contribution in [0.15, 0.2) is 42.5 Å².